The molecule has 0 amide bonds. The van der Waals surface area contributed by atoms with Gasteiger partial charge in [-0.1, -0.05) is 20.8 Å². The Morgan fingerprint density at radius 2 is 2.33 bits per heavy atom. The molecule has 1 aliphatic heterocycles. The van der Waals surface area contributed by atoms with Crippen LogP contribution < -0.4 is 5.43 Å². The maximum atomic E-state index is 4.40. The van der Waals surface area contributed by atoms with Gasteiger partial charge < -0.3 is 0 Å². The summed E-state index contributed by atoms with van der Waals surface area (Å²) in [5.74, 6) is 0.899. The summed E-state index contributed by atoms with van der Waals surface area (Å²) >= 11 is -0.100. The van der Waals surface area contributed by atoms with Crippen molar-refractivity contribution in [1.29, 1.82) is 0 Å². The van der Waals surface area contributed by atoms with Gasteiger partial charge >= 0.3 is 0 Å². The maximum absolute atomic E-state index is 4.40. The van der Waals surface area contributed by atoms with Crippen LogP contribution in [0.15, 0.2) is 18.4 Å². The Morgan fingerprint density at radius 3 is 2.83 bits per heavy atom. The SMILES string of the molecule is CC(C)(C)CN=C1C=CI=NN1. The van der Waals surface area contributed by atoms with Gasteiger partial charge in [0.25, 0.3) is 0 Å². The van der Waals surface area contributed by atoms with E-state index in [0.717, 1.165) is 12.4 Å². The molecule has 68 valence electrons. The molecule has 0 radical (unpaired) electrons. The van der Waals surface area contributed by atoms with Gasteiger partial charge in [0.2, 0.25) is 0 Å². The second-order valence-corrected chi connectivity index (χ2v) is 5.61. The summed E-state index contributed by atoms with van der Waals surface area (Å²) in [5, 5.41) is 0. The molecule has 0 saturated heterocycles. The average molecular weight is 279 g/mol. The topological polar surface area (TPSA) is 36.8 Å². The normalized spacial score (nSPS) is 20.4. The Hall–Kier alpha value is -0.260. The molecule has 12 heavy (non-hydrogen) atoms. The van der Waals surface area contributed by atoms with E-state index in [2.05, 4.69) is 38.5 Å². The second-order valence-electron chi connectivity index (χ2n) is 3.85. The zero-order valence-corrected chi connectivity index (χ0v) is 9.79. The van der Waals surface area contributed by atoms with E-state index in [1.807, 2.05) is 6.08 Å². The standard InChI is InChI=1S/C8H14IN3/c1-8(2,3)6-10-7-4-5-9-12-11-7/h4-5H,6H2,1-3H3,(H,10,11). The third kappa shape index (κ3) is 3.94. The van der Waals surface area contributed by atoms with Gasteiger partial charge in [-0.25, -0.2) is 0 Å². The summed E-state index contributed by atoms with van der Waals surface area (Å²) in [7, 11) is 0. The van der Waals surface area contributed by atoms with E-state index in [4.69, 9.17) is 0 Å². The third-order valence-corrected chi connectivity index (χ3v) is 2.41. The summed E-state index contributed by atoms with van der Waals surface area (Å²) in [5.41, 5.74) is 3.19. The van der Waals surface area contributed by atoms with Crippen molar-refractivity contribution in [3.05, 3.63) is 10.2 Å². The van der Waals surface area contributed by atoms with Gasteiger partial charge in [0.15, 0.2) is 0 Å². The van der Waals surface area contributed by atoms with E-state index < -0.39 is 0 Å². The van der Waals surface area contributed by atoms with Crippen LogP contribution in [0.5, 0.6) is 0 Å². The minimum absolute atomic E-state index is 0.100. The molecule has 4 heteroatoms. The van der Waals surface area contributed by atoms with Crippen molar-refractivity contribution in [1.82, 2.24) is 5.43 Å². The van der Waals surface area contributed by atoms with E-state index in [0.29, 0.717) is 0 Å². The highest BCUT2D eigenvalue weighted by molar-refractivity contribution is 14.2. The first-order valence-electron chi connectivity index (χ1n) is 3.88. The number of halogens is 1. The molecule has 0 aliphatic carbocycles. The lowest BCUT2D eigenvalue weighted by Crippen LogP contribution is -2.18. The summed E-state index contributed by atoms with van der Waals surface area (Å²) in [6.07, 6.45) is 2.02. The number of amidine groups is 1. The summed E-state index contributed by atoms with van der Waals surface area (Å²) in [6.45, 7) is 7.36. The van der Waals surface area contributed by atoms with Crippen molar-refractivity contribution in [2.24, 2.45) is 13.7 Å². The molecule has 0 fully saturated rings. The van der Waals surface area contributed by atoms with Gasteiger partial charge in [-0.2, -0.15) is 0 Å². The maximum Gasteiger partial charge on any atom is 0.142 e. The number of hydrogen-bond donors (Lipinski definition) is 1. The zero-order chi connectivity index (χ0) is 9.03. The van der Waals surface area contributed by atoms with E-state index >= 15 is 0 Å². The fraction of sp³-hybridized carbons (Fsp3) is 0.625. The van der Waals surface area contributed by atoms with E-state index in [9.17, 15) is 0 Å². The Bertz CT molecular complexity index is 235. The summed E-state index contributed by atoms with van der Waals surface area (Å²) in [6, 6.07) is 0. The molecule has 0 bridgehead atoms. The summed E-state index contributed by atoms with van der Waals surface area (Å²) < 4.78 is 6.21. The van der Waals surface area contributed by atoms with Crippen LogP contribution in [-0.4, -0.2) is 12.4 Å². The van der Waals surface area contributed by atoms with Gasteiger partial charge in [-0.3, -0.25) is 10.4 Å². The molecule has 3 nitrogen and oxygen atoms in total. The monoisotopic (exact) mass is 279 g/mol. The quantitative estimate of drug-likeness (QED) is 0.736. The molecule has 1 N–H and O–H groups in total. The van der Waals surface area contributed by atoms with Gasteiger partial charge in [-0.05, 0) is 15.6 Å². The molecule has 0 saturated carbocycles. The van der Waals surface area contributed by atoms with Crippen molar-refractivity contribution in [3.63, 3.8) is 0 Å². The number of hydrogen-bond acceptors (Lipinski definition) is 2. The average Bonchev–Trinajstić information content (AvgIpc) is 2.02. The number of aliphatic imine (C=N–C) groups is 1. The molecule has 1 rings (SSSR count). The van der Waals surface area contributed by atoms with E-state index in [-0.39, 0.29) is 26.4 Å². The Kier molecular flexibility index (Phi) is 3.37. The first kappa shape index (κ1) is 9.83. The molecule has 0 spiro atoms. The Labute approximate surface area is 83.5 Å². The molecule has 0 atom stereocenters. The lowest BCUT2D eigenvalue weighted by molar-refractivity contribution is 0.429. The molecule has 0 aromatic carbocycles. The van der Waals surface area contributed by atoms with Crippen LogP contribution >= 0.6 is 21.0 Å². The largest absolute Gasteiger partial charge is 0.267 e. The number of nitrogens with zero attached hydrogens (tertiary/aromatic N) is 2. The van der Waals surface area contributed by atoms with Crippen molar-refractivity contribution in [2.75, 3.05) is 6.54 Å². The molecule has 0 aromatic rings. The Morgan fingerprint density at radius 1 is 1.58 bits per heavy atom. The van der Waals surface area contributed by atoms with E-state index in [1.54, 1.807) is 0 Å². The highest BCUT2D eigenvalue weighted by Crippen LogP contribution is 2.13. The minimum atomic E-state index is -0.100. The van der Waals surface area contributed by atoms with Crippen molar-refractivity contribution in [3.8, 4) is 0 Å². The van der Waals surface area contributed by atoms with Crippen molar-refractivity contribution < 1.29 is 0 Å². The van der Waals surface area contributed by atoms with Crippen LogP contribution in [-0.2, 0) is 0 Å². The van der Waals surface area contributed by atoms with Crippen LogP contribution in [0.3, 0.4) is 0 Å². The molecule has 1 aliphatic rings. The summed E-state index contributed by atoms with van der Waals surface area (Å²) in [4.78, 5) is 4.40. The van der Waals surface area contributed by atoms with Crippen molar-refractivity contribution in [2.45, 2.75) is 20.8 Å². The van der Waals surface area contributed by atoms with E-state index in [1.165, 1.54) is 0 Å². The van der Waals surface area contributed by atoms with Gasteiger partial charge in [0, 0.05) is 27.6 Å². The predicted molar refractivity (Wildman–Crippen MR) is 60.5 cm³/mol. The molecule has 0 aromatic heterocycles. The number of rotatable bonds is 1. The van der Waals surface area contributed by atoms with Crippen LogP contribution in [0.1, 0.15) is 20.8 Å². The lowest BCUT2D eigenvalue weighted by Gasteiger charge is -2.15. The smallest absolute Gasteiger partial charge is 0.142 e. The van der Waals surface area contributed by atoms with Gasteiger partial charge in [0.1, 0.15) is 5.84 Å². The molecule has 1 heterocycles. The molecular formula is C8H14IN3. The van der Waals surface area contributed by atoms with Crippen LogP contribution in [0.25, 0.3) is 0 Å². The zero-order valence-electron chi connectivity index (χ0n) is 7.63. The van der Waals surface area contributed by atoms with Crippen LogP contribution in [0.4, 0.5) is 0 Å². The van der Waals surface area contributed by atoms with Gasteiger partial charge in [0.05, 0.1) is 0 Å². The lowest BCUT2D eigenvalue weighted by atomic mass is 9.97. The predicted octanol–water partition coefficient (Wildman–Crippen LogP) is 2.62. The first-order valence-corrected chi connectivity index (χ1v) is 6.09. The fourth-order valence-corrected chi connectivity index (χ4v) is 1.68. The third-order valence-electron chi connectivity index (χ3n) is 1.21. The Balaban J connectivity index is 2.48. The number of nitrogens with one attached hydrogen (secondary N) is 1. The first-order chi connectivity index (χ1) is 5.58. The highest BCUT2D eigenvalue weighted by Gasteiger charge is 2.08. The molecule has 0 unspecified atom stereocenters. The highest BCUT2D eigenvalue weighted by atomic mass is 127. The minimum Gasteiger partial charge on any atom is -0.267 e. The fourth-order valence-electron chi connectivity index (χ4n) is 0.631. The van der Waals surface area contributed by atoms with Crippen LogP contribution in [0, 0.1) is 5.41 Å². The van der Waals surface area contributed by atoms with Crippen molar-refractivity contribution >= 4 is 26.9 Å². The molecular weight excluding hydrogens is 265 g/mol. The second kappa shape index (κ2) is 4.11. The van der Waals surface area contributed by atoms with Crippen LogP contribution in [0.2, 0.25) is 0 Å². The van der Waals surface area contributed by atoms with Gasteiger partial charge in [-0.15, -0.1) is 3.25 Å².